The number of pyridine rings is 2. The molecular weight excluding hydrogens is 384 g/mol. The van der Waals surface area contributed by atoms with Gasteiger partial charge < -0.3 is 15.0 Å². The van der Waals surface area contributed by atoms with E-state index in [1.165, 1.54) is 13.1 Å². The summed E-state index contributed by atoms with van der Waals surface area (Å²) in [6, 6.07) is 5.06. The Kier molecular flexibility index (Phi) is 6.90. The molecule has 146 valence electrons. The third-order valence-electron chi connectivity index (χ3n) is 4.19. The van der Waals surface area contributed by atoms with Gasteiger partial charge in [0, 0.05) is 18.3 Å². The number of aromatic amines is 1. The normalized spacial score (nSPS) is 11.4. The first-order valence-corrected chi connectivity index (χ1v) is 8.85. The molecule has 0 saturated heterocycles. The van der Waals surface area contributed by atoms with E-state index in [-0.39, 0.29) is 23.6 Å². The number of carbonyl (C=O) groups excluding carboxylic acids is 2. The maximum absolute atomic E-state index is 12.2. The summed E-state index contributed by atoms with van der Waals surface area (Å²) >= 11 is 5.88. The number of rotatable bonds is 6. The van der Waals surface area contributed by atoms with Crippen molar-refractivity contribution in [3.8, 4) is 6.07 Å². The van der Waals surface area contributed by atoms with Crippen LogP contribution in [0, 0.1) is 25.2 Å². The first-order valence-electron chi connectivity index (χ1n) is 8.48. The molecule has 2 heterocycles. The second-order valence-electron chi connectivity index (χ2n) is 6.13. The summed E-state index contributed by atoms with van der Waals surface area (Å²) in [5.74, 6) is -1.12. The minimum atomic E-state index is -1.03. The highest BCUT2D eigenvalue weighted by atomic mass is 35.5. The molecule has 0 bridgehead atoms. The molecule has 0 aliphatic rings. The van der Waals surface area contributed by atoms with E-state index in [4.69, 9.17) is 21.6 Å². The van der Waals surface area contributed by atoms with Crippen molar-refractivity contribution in [2.75, 3.05) is 5.32 Å². The number of nitrogens with one attached hydrogen (secondary N) is 2. The van der Waals surface area contributed by atoms with Crippen molar-refractivity contribution < 1.29 is 14.3 Å². The molecule has 0 aliphatic carbocycles. The van der Waals surface area contributed by atoms with Crippen molar-refractivity contribution in [3.63, 3.8) is 0 Å². The van der Waals surface area contributed by atoms with Crippen molar-refractivity contribution >= 4 is 29.2 Å². The van der Waals surface area contributed by atoms with E-state index in [0.717, 1.165) is 0 Å². The molecule has 8 nitrogen and oxygen atoms in total. The van der Waals surface area contributed by atoms with E-state index in [0.29, 0.717) is 22.5 Å². The van der Waals surface area contributed by atoms with Gasteiger partial charge in [-0.1, -0.05) is 11.6 Å². The summed E-state index contributed by atoms with van der Waals surface area (Å²) in [5, 5.41) is 11.8. The van der Waals surface area contributed by atoms with Crippen LogP contribution in [-0.4, -0.2) is 27.9 Å². The molecule has 0 fully saturated rings. The lowest BCUT2D eigenvalue weighted by molar-refractivity contribution is -0.153. The number of halogens is 1. The van der Waals surface area contributed by atoms with Gasteiger partial charge in [-0.25, -0.2) is 4.98 Å². The number of hydrogen-bond donors (Lipinski definition) is 2. The largest absolute Gasteiger partial charge is 0.453 e. The molecule has 0 spiro atoms. The fourth-order valence-corrected chi connectivity index (χ4v) is 2.84. The molecule has 2 rings (SSSR count). The molecule has 1 atom stereocenters. The number of carbonyl (C=O) groups is 2. The topological polar surface area (TPSA) is 125 Å². The smallest absolute Gasteiger partial charge is 0.306 e. The minimum absolute atomic E-state index is 0.0101. The van der Waals surface area contributed by atoms with Crippen LogP contribution in [0.15, 0.2) is 23.1 Å². The predicted octanol–water partition coefficient (Wildman–Crippen LogP) is 2.41. The van der Waals surface area contributed by atoms with Gasteiger partial charge in [0.05, 0.1) is 5.69 Å². The fourth-order valence-electron chi connectivity index (χ4n) is 2.67. The zero-order chi connectivity index (χ0) is 20.8. The number of aryl methyl sites for hydroxylation is 1. The molecule has 0 saturated carbocycles. The quantitative estimate of drug-likeness (QED) is 0.564. The number of nitrogens with zero attached hydrogens (tertiary/aromatic N) is 2. The van der Waals surface area contributed by atoms with E-state index in [1.807, 2.05) is 6.07 Å². The average Bonchev–Trinajstić information content (AvgIpc) is 2.63. The standard InChI is InChI=1S/C19H19ClN4O4/c1-10-13(11(2)23-19(27)14(10)9-21)6-7-16(25)28-12(3)18(26)24-15-5-4-8-22-17(15)20/h4-5,8,12H,6-7H2,1-3H3,(H,23,27)(H,24,26)/t12-/m0/s1. The van der Waals surface area contributed by atoms with Gasteiger partial charge in [0.25, 0.3) is 11.5 Å². The Balaban J connectivity index is 1.98. The molecule has 2 aromatic rings. The van der Waals surface area contributed by atoms with Crippen LogP contribution in [-0.2, 0) is 20.7 Å². The third-order valence-corrected chi connectivity index (χ3v) is 4.49. The Bertz CT molecular complexity index is 1010. The van der Waals surface area contributed by atoms with Crippen LogP contribution in [0.4, 0.5) is 5.69 Å². The Labute approximate surface area is 166 Å². The van der Waals surface area contributed by atoms with Crippen molar-refractivity contribution in [1.29, 1.82) is 5.26 Å². The number of H-pyrrole nitrogens is 1. The van der Waals surface area contributed by atoms with Crippen LogP contribution in [0.3, 0.4) is 0 Å². The monoisotopic (exact) mass is 402 g/mol. The van der Waals surface area contributed by atoms with Crippen molar-refractivity contribution in [1.82, 2.24) is 9.97 Å². The van der Waals surface area contributed by atoms with Crippen LogP contribution in [0.5, 0.6) is 0 Å². The molecule has 0 unspecified atom stereocenters. The summed E-state index contributed by atoms with van der Waals surface area (Å²) < 4.78 is 5.15. The second kappa shape index (κ2) is 9.15. The lowest BCUT2D eigenvalue weighted by Gasteiger charge is -2.15. The first kappa shape index (κ1) is 21.1. The predicted molar refractivity (Wildman–Crippen MR) is 103 cm³/mol. The van der Waals surface area contributed by atoms with Crippen LogP contribution in [0.25, 0.3) is 0 Å². The minimum Gasteiger partial charge on any atom is -0.453 e. The number of ether oxygens (including phenoxy) is 1. The highest BCUT2D eigenvalue weighted by Crippen LogP contribution is 2.18. The molecule has 28 heavy (non-hydrogen) atoms. The Morgan fingerprint density at radius 3 is 2.79 bits per heavy atom. The highest BCUT2D eigenvalue weighted by molar-refractivity contribution is 6.32. The SMILES string of the molecule is Cc1[nH]c(=O)c(C#N)c(C)c1CCC(=O)O[C@@H](C)C(=O)Nc1cccnc1Cl. The van der Waals surface area contributed by atoms with Crippen molar-refractivity contribution in [3.05, 3.63) is 56.2 Å². The Hall–Kier alpha value is -3.18. The first-order chi connectivity index (χ1) is 13.2. The van der Waals surface area contributed by atoms with E-state index in [1.54, 1.807) is 26.0 Å². The Morgan fingerprint density at radius 2 is 2.14 bits per heavy atom. The Morgan fingerprint density at radius 1 is 1.43 bits per heavy atom. The number of esters is 1. The van der Waals surface area contributed by atoms with Crippen LogP contribution >= 0.6 is 11.6 Å². The maximum atomic E-state index is 12.2. The van der Waals surface area contributed by atoms with Gasteiger partial charge in [-0.2, -0.15) is 5.26 Å². The number of hydrogen-bond acceptors (Lipinski definition) is 6. The van der Waals surface area contributed by atoms with Crippen LogP contribution < -0.4 is 10.9 Å². The maximum Gasteiger partial charge on any atom is 0.306 e. The molecule has 9 heteroatoms. The van der Waals surface area contributed by atoms with Crippen LogP contribution in [0.2, 0.25) is 5.15 Å². The van der Waals surface area contributed by atoms with E-state index >= 15 is 0 Å². The summed E-state index contributed by atoms with van der Waals surface area (Å²) in [6.45, 7) is 4.81. The summed E-state index contributed by atoms with van der Waals surface area (Å²) in [4.78, 5) is 42.5. The molecular formula is C19H19ClN4O4. The number of aromatic nitrogens is 2. The van der Waals surface area contributed by atoms with Crippen molar-refractivity contribution in [2.24, 2.45) is 0 Å². The molecule has 0 aliphatic heterocycles. The molecule has 2 N–H and O–H groups in total. The second-order valence-corrected chi connectivity index (χ2v) is 6.49. The summed E-state index contributed by atoms with van der Waals surface area (Å²) in [6.07, 6.45) is 0.713. The van der Waals surface area contributed by atoms with E-state index in [2.05, 4.69) is 15.3 Å². The van der Waals surface area contributed by atoms with Gasteiger partial charge in [-0.15, -0.1) is 0 Å². The van der Waals surface area contributed by atoms with Gasteiger partial charge in [0.1, 0.15) is 11.6 Å². The van der Waals surface area contributed by atoms with Gasteiger partial charge in [0.2, 0.25) is 0 Å². The molecule has 0 aromatic carbocycles. The summed E-state index contributed by atoms with van der Waals surface area (Å²) in [7, 11) is 0. The van der Waals surface area contributed by atoms with Crippen molar-refractivity contribution in [2.45, 2.75) is 39.7 Å². The number of amides is 1. The number of anilines is 1. The lowest BCUT2D eigenvalue weighted by Crippen LogP contribution is -2.30. The third kappa shape index (κ3) is 4.96. The number of nitriles is 1. The van der Waals surface area contributed by atoms with Crippen LogP contribution in [0.1, 0.15) is 35.7 Å². The van der Waals surface area contributed by atoms with Gasteiger partial charge >= 0.3 is 5.97 Å². The average molecular weight is 403 g/mol. The zero-order valence-corrected chi connectivity index (χ0v) is 16.4. The van der Waals surface area contributed by atoms with Gasteiger partial charge in [-0.3, -0.25) is 14.4 Å². The molecule has 2 aromatic heterocycles. The van der Waals surface area contributed by atoms with Gasteiger partial charge in [-0.05, 0) is 50.5 Å². The summed E-state index contributed by atoms with van der Waals surface area (Å²) in [5.41, 5.74) is 1.71. The van der Waals surface area contributed by atoms with E-state index < -0.39 is 23.5 Å². The zero-order valence-electron chi connectivity index (χ0n) is 15.6. The van der Waals surface area contributed by atoms with E-state index in [9.17, 15) is 14.4 Å². The van der Waals surface area contributed by atoms with Gasteiger partial charge in [0.15, 0.2) is 11.3 Å². The molecule has 1 amide bonds. The highest BCUT2D eigenvalue weighted by Gasteiger charge is 2.20. The molecule has 0 radical (unpaired) electrons. The lowest BCUT2D eigenvalue weighted by atomic mass is 9.99. The fraction of sp³-hybridized carbons (Fsp3) is 0.316.